The van der Waals surface area contributed by atoms with Crippen molar-refractivity contribution in [2.45, 2.75) is 38.8 Å². The minimum atomic E-state index is -0.100. The van der Waals surface area contributed by atoms with Gasteiger partial charge in [0, 0.05) is 11.9 Å². The van der Waals surface area contributed by atoms with E-state index in [-0.39, 0.29) is 24.1 Å². The molecular formula is C20H21N3O2S. The van der Waals surface area contributed by atoms with E-state index < -0.39 is 0 Å². The van der Waals surface area contributed by atoms with Crippen LogP contribution >= 0.6 is 11.3 Å². The van der Waals surface area contributed by atoms with Crippen molar-refractivity contribution in [3.8, 4) is 0 Å². The lowest BCUT2D eigenvalue weighted by molar-refractivity contribution is -0.132. The van der Waals surface area contributed by atoms with Gasteiger partial charge in [0.05, 0.1) is 17.8 Å². The summed E-state index contributed by atoms with van der Waals surface area (Å²) in [4.78, 5) is 33.8. The van der Waals surface area contributed by atoms with Gasteiger partial charge in [-0.05, 0) is 37.3 Å². The van der Waals surface area contributed by atoms with E-state index in [9.17, 15) is 9.59 Å². The lowest BCUT2D eigenvalue weighted by atomic mass is 10.1. The Kier molecular flexibility index (Phi) is 4.36. The van der Waals surface area contributed by atoms with Crippen molar-refractivity contribution in [1.82, 2.24) is 14.5 Å². The molecule has 0 bridgehead atoms. The van der Waals surface area contributed by atoms with Gasteiger partial charge in [-0.25, -0.2) is 4.98 Å². The first-order valence-electron chi connectivity index (χ1n) is 8.86. The quantitative estimate of drug-likeness (QED) is 0.712. The third kappa shape index (κ3) is 2.84. The number of aryl methyl sites for hydroxylation is 2. The molecule has 2 heterocycles. The number of hydrogen-bond donors (Lipinski definition) is 0. The summed E-state index contributed by atoms with van der Waals surface area (Å²) in [5.41, 5.74) is 2.12. The first-order valence-corrected chi connectivity index (χ1v) is 9.68. The zero-order chi connectivity index (χ0) is 18.3. The van der Waals surface area contributed by atoms with E-state index in [4.69, 9.17) is 0 Å². The second-order valence-corrected chi connectivity index (χ2v) is 7.89. The molecule has 0 N–H and O–H groups in total. The van der Waals surface area contributed by atoms with Crippen LogP contribution in [0.25, 0.3) is 10.2 Å². The van der Waals surface area contributed by atoms with Crippen LogP contribution in [0.3, 0.4) is 0 Å². The monoisotopic (exact) mass is 367 g/mol. The number of carbonyl (C=O) groups excluding carboxylic acids is 1. The summed E-state index contributed by atoms with van der Waals surface area (Å²) in [7, 11) is 1.78. The molecule has 1 aliphatic carbocycles. The Morgan fingerprint density at radius 3 is 2.85 bits per heavy atom. The molecule has 0 aliphatic heterocycles. The molecule has 1 atom stereocenters. The molecule has 1 amide bonds. The summed E-state index contributed by atoms with van der Waals surface area (Å²) < 4.78 is 1.45. The minimum absolute atomic E-state index is 0.0140. The minimum Gasteiger partial charge on any atom is -0.337 e. The normalized spacial score (nSPS) is 14.4. The second-order valence-electron chi connectivity index (χ2n) is 6.81. The molecule has 5 nitrogen and oxygen atoms in total. The Balaban J connectivity index is 1.60. The third-order valence-electron chi connectivity index (χ3n) is 5.25. The molecule has 26 heavy (non-hydrogen) atoms. The molecule has 134 valence electrons. The molecule has 2 aromatic heterocycles. The summed E-state index contributed by atoms with van der Waals surface area (Å²) in [6, 6.07) is 9.83. The molecule has 0 spiro atoms. The Labute approximate surface area is 155 Å². The Morgan fingerprint density at radius 1 is 1.31 bits per heavy atom. The fourth-order valence-electron chi connectivity index (χ4n) is 3.56. The molecule has 0 fully saturated rings. The highest BCUT2D eigenvalue weighted by Crippen LogP contribution is 2.34. The number of fused-ring (bicyclic) bond motifs is 3. The van der Waals surface area contributed by atoms with Crippen molar-refractivity contribution in [3.63, 3.8) is 0 Å². The Hall–Kier alpha value is -2.47. The van der Waals surface area contributed by atoms with Gasteiger partial charge in [-0.1, -0.05) is 30.3 Å². The number of hydrogen-bond acceptors (Lipinski definition) is 4. The lowest BCUT2D eigenvalue weighted by Crippen LogP contribution is -2.35. The first kappa shape index (κ1) is 17.0. The van der Waals surface area contributed by atoms with E-state index in [1.54, 1.807) is 23.3 Å². The van der Waals surface area contributed by atoms with Crippen LogP contribution in [0.2, 0.25) is 0 Å². The van der Waals surface area contributed by atoms with Gasteiger partial charge in [-0.2, -0.15) is 0 Å². The van der Waals surface area contributed by atoms with Gasteiger partial charge in [0.1, 0.15) is 11.4 Å². The van der Waals surface area contributed by atoms with Crippen LogP contribution < -0.4 is 5.56 Å². The van der Waals surface area contributed by atoms with Crippen LogP contribution in [0.1, 0.15) is 35.4 Å². The molecule has 0 radical (unpaired) electrons. The van der Waals surface area contributed by atoms with E-state index in [0.29, 0.717) is 0 Å². The van der Waals surface area contributed by atoms with Gasteiger partial charge < -0.3 is 4.90 Å². The van der Waals surface area contributed by atoms with E-state index in [2.05, 4.69) is 4.98 Å². The summed E-state index contributed by atoms with van der Waals surface area (Å²) in [6.45, 7) is 2.00. The number of amides is 1. The molecular weight excluding hydrogens is 346 g/mol. The molecule has 0 saturated carbocycles. The number of thiophene rings is 1. The van der Waals surface area contributed by atoms with Gasteiger partial charge >= 0.3 is 0 Å². The van der Waals surface area contributed by atoms with Gasteiger partial charge in [0.25, 0.3) is 5.56 Å². The second kappa shape index (κ2) is 6.68. The largest absolute Gasteiger partial charge is 0.337 e. The Morgan fingerprint density at radius 2 is 2.08 bits per heavy atom. The third-order valence-corrected chi connectivity index (χ3v) is 6.45. The fourth-order valence-corrected chi connectivity index (χ4v) is 4.78. The lowest BCUT2D eigenvalue weighted by Gasteiger charge is -2.25. The predicted octanol–water partition coefficient (Wildman–Crippen LogP) is 3.17. The van der Waals surface area contributed by atoms with E-state index in [1.165, 1.54) is 15.8 Å². The standard InChI is InChI=1S/C20H21N3O2S/c1-13(14-7-4-3-5-8-14)22(2)17(24)11-23-12-21-19-18(20(23)25)15-9-6-10-16(15)26-19/h3-5,7-8,12-13H,6,9-11H2,1-2H3/t13-/m1/s1. The maximum atomic E-state index is 12.9. The highest BCUT2D eigenvalue weighted by atomic mass is 32.1. The zero-order valence-electron chi connectivity index (χ0n) is 14.9. The van der Waals surface area contributed by atoms with Crippen LogP contribution in [-0.2, 0) is 24.2 Å². The SMILES string of the molecule is C[C@H](c1ccccc1)N(C)C(=O)Cn1cnc2sc3c(c2c1=O)CCC3. The van der Waals surface area contributed by atoms with Gasteiger partial charge in [-0.15, -0.1) is 11.3 Å². The highest BCUT2D eigenvalue weighted by Gasteiger charge is 2.23. The van der Waals surface area contributed by atoms with Crippen molar-refractivity contribution in [3.05, 3.63) is 63.0 Å². The summed E-state index contributed by atoms with van der Waals surface area (Å²) in [6.07, 6.45) is 4.58. The van der Waals surface area contributed by atoms with Crippen molar-refractivity contribution in [1.29, 1.82) is 0 Å². The van der Waals surface area contributed by atoms with Crippen molar-refractivity contribution >= 4 is 27.5 Å². The van der Waals surface area contributed by atoms with E-state index >= 15 is 0 Å². The number of nitrogens with zero attached hydrogens (tertiary/aromatic N) is 3. The summed E-state index contributed by atoms with van der Waals surface area (Å²) in [5.74, 6) is -0.100. The smallest absolute Gasteiger partial charge is 0.262 e. The topological polar surface area (TPSA) is 55.2 Å². The first-order chi connectivity index (χ1) is 12.6. The van der Waals surface area contributed by atoms with Crippen LogP contribution in [0, 0.1) is 0 Å². The molecule has 1 aromatic carbocycles. The van der Waals surface area contributed by atoms with Crippen LogP contribution in [0.4, 0.5) is 0 Å². The van der Waals surface area contributed by atoms with Crippen LogP contribution in [-0.4, -0.2) is 27.4 Å². The fraction of sp³-hybridized carbons (Fsp3) is 0.350. The van der Waals surface area contributed by atoms with Crippen LogP contribution in [0.15, 0.2) is 41.5 Å². The molecule has 1 aliphatic rings. The number of rotatable bonds is 4. The average molecular weight is 367 g/mol. The Bertz CT molecular complexity index is 1020. The number of carbonyl (C=O) groups is 1. The van der Waals surface area contributed by atoms with Gasteiger partial charge in [0.15, 0.2) is 0 Å². The number of aromatic nitrogens is 2. The molecule has 3 aromatic rings. The van der Waals surface area contributed by atoms with Crippen LogP contribution in [0.5, 0.6) is 0 Å². The van der Waals surface area contributed by atoms with E-state index in [0.717, 1.165) is 40.6 Å². The maximum Gasteiger partial charge on any atom is 0.262 e. The predicted molar refractivity (Wildman–Crippen MR) is 104 cm³/mol. The molecule has 6 heteroatoms. The van der Waals surface area contributed by atoms with Crippen molar-refractivity contribution in [2.75, 3.05) is 7.05 Å². The molecule has 0 unspecified atom stereocenters. The highest BCUT2D eigenvalue weighted by molar-refractivity contribution is 7.18. The number of benzene rings is 1. The average Bonchev–Trinajstić information content (AvgIpc) is 3.24. The molecule has 4 rings (SSSR count). The summed E-state index contributed by atoms with van der Waals surface area (Å²) >= 11 is 1.62. The van der Waals surface area contributed by atoms with Gasteiger partial charge in [0.2, 0.25) is 5.91 Å². The summed E-state index contributed by atoms with van der Waals surface area (Å²) in [5, 5.41) is 0.719. The maximum absolute atomic E-state index is 12.9. The van der Waals surface area contributed by atoms with Crippen molar-refractivity contribution < 1.29 is 4.79 Å². The van der Waals surface area contributed by atoms with E-state index in [1.807, 2.05) is 37.3 Å². The van der Waals surface area contributed by atoms with Gasteiger partial charge in [-0.3, -0.25) is 14.2 Å². The molecule has 0 saturated heterocycles. The van der Waals surface area contributed by atoms with Crippen molar-refractivity contribution in [2.24, 2.45) is 0 Å². The zero-order valence-corrected chi connectivity index (χ0v) is 15.8. The number of likely N-dealkylation sites (N-methyl/N-ethyl adjacent to an activating group) is 1.